The Morgan fingerprint density at radius 3 is 2.82 bits per heavy atom. The van der Waals surface area contributed by atoms with Gasteiger partial charge in [-0.1, -0.05) is 0 Å². The first kappa shape index (κ1) is 16.5. The van der Waals surface area contributed by atoms with E-state index in [0.717, 1.165) is 56.2 Å². The van der Waals surface area contributed by atoms with E-state index >= 15 is 0 Å². The van der Waals surface area contributed by atoms with Crippen LogP contribution >= 0.6 is 11.3 Å². The molecule has 0 aliphatic heterocycles. The molecule has 0 bridgehead atoms. The van der Waals surface area contributed by atoms with Gasteiger partial charge in [0.2, 0.25) is 0 Å². The summed E-state index contributed by atoms with van der Waals surface area (Å²) in [6.07, 6.45) is 5.87. The fourth-order valence-corrected chi connectivity index (χ4v) is 2.92. The van der Waals surface area contributed by atoms with Gasteiger partial charge in [0.05, 0.1) is 11.3 Å². The average molecular weight is 320 g/mol. The van der Waals surface area contributed by atoms with Crippen molar-refractivity contribution in [3.63, 3.8) is 0 Å². The second-order valence-electron chi connectivity index (χ2n) is 5.09. The summed E-state index contributed by atoms with van der Waals surface area (Å²) in [5.74, 6) is 1.83. The monoisotopic (exact) mass is 320 g/mol. The Bertz CT molecular complexity index is 562. The highest BCUT2D eigenvalue weighted by atomic mass is 32.1. The molecule has 0 atom stereocenters. The largest absolute Gasteiger partial charge is 0.469 e. The van der Waals surface area contributed by atoms with E-state index in [4.69, 9.17) is 4.42 Å². The fourth-order valence-electron chi connectivity index (χ4n) is 2.11. The van der Waals surface area contributed by atoms with Crippen molar-refractivity contribution in [2.75, 3.05) is 20.1 Å². The van der Waals surface area contributed by atoms with Gasteiger partial charge in [0.1, 0.15) is 5.76 Å². The topological polar surface area (TPSA) is 62.5 Å². The van der Waals surface area contributed by atoms with E-state index in [9.17, 15) is 0 Å². The van der Waals surface area contributed by atoms with Crippen LogP contribution in [-0.4, -0.2) is 31.1 Å². The predicted molar refractivity (Wildman–Crippen MR) is 91.6 cm³/mol. The highest BCUT2D eigenvalue weighted by Crippen LogP contribution is 2.11. The molecule has 2 rings (SSSR count). The molecular formula is C16H24N4OS. The van der Waals surface area contributed by atoms with Crippen LogP contribution in [0.3, 0.4) is 0 Å². The van der Waals surface area contributed by atoms with Gasteiger partial charge in [-0.15, -0.1) is 11.3 Å². The number of furan rings is 1. The molecule has 2 aromatic rings. The van der Waals surface area contributed by atoms with Gasteiger partial charge in [0.15, 0.2) is 5.96 Å². The molecule has 5 nitrogen and oxygen atoms in total. The molecule has 0 aliphatic rings. The van der Waals surface area contributed by atoms with E-state index in [-0.39, 0.29) is 0 Å². The number of nitrogens with one attached hydrogen (secondary N) is 2. The number of rotatable bonds is 8. The first-order valence-corrected chi connectivity index (χ1v) is 8.54. The minimum atomic E-state index is 0.811. The quantitative estimate of drug-likeness (QED) is 0.446. The zero-order chi connectivity index (χ0) is 15.6. The normalized spacial score (nSPS) is 11.6. The summed E-state index contributed by atoms with van der Waals surface area (Å²) in [5, 5.41) is 9.96. The second kappa shape index (κ2) is 9.25. The number of guanidine groups is 1. The summed E-state index contributed by atoms with van der Waals surface area (Å²) in [6, 6.07) is 3.89. The Balaban J connectivity index is 1.54. The van der Waals surface area contributed by atoms with Gasteiger partial charge < -0.3 is 15.1 Å². The number of aromatic nitrogens is 1. The maximum absolute atomic E-state index is 5.30. The minimum Gasteiger partial charge on any atom is -0.469 e. The Labute approximate surface area is 135 Å². The highest BCUT2D eigenvalue weighted by Gasteiger charge is 2.01. The molecule has 6 heteroatoms. The highest BCUT2D eigenvalue weighted by molar-refractivity contribution is 7.09. The van der Waals surface area contributed by atoms with Crippen LogP contribution in [0.25, 0.3) is 0 Å². The summed E-state index contributed by atoms with van der Waals surface area (Å²) in [7, 11) is 1.79. The van der Waals surface area contributed by atoms with Crippen LogP contribution in [-0.2, 0) is 12.8 Å². The van der Waals surface area contributed by atoms with Gasteiger partial charge in [-0.2, -0.15) is 0 Å². The maximum atomic E-state index is 5.30. The fraction of sp³-hybridized carbons (Fsp3) is 0.500. The Kier molecular flexibility index (Phi) is 6.96. The molecule has 2 aromatic heterocycles. The smallest absolute Gasteiger partial charge is 0.190 e. The van der Waals surface area contributed by atoms with Crippen molar-refractivity contribution in [3.05, 3.63) is 40.2 Å². The summed E-state index contributed by atoms with van der Waals surface area (Å²) in [5.41, 5.74) is 1.12. The van der Waals surface area contributed by atoms with Crippen LogP contribution in [0.15, 0.2) is 33.2 Å². The van der Waals surface area contributed by atoms with Gasteiger partial charge in [-0.05, 0) is 38.3 Å². The van der Waals surface area contributed by atoms with Crippen LogP contribution in [0.5, 0.6) is 0 Å². The third kappa shape index (κ3) is 5.89. The van der Waals surface area contributed by atoms with Crippen LogP contribution in [0, 0.1) is 6.92 Å². The molecule has 0 saturated carbocycles. The summed E-state index contributed by atoms with van der Waals surface area (Å²) < 4.78 is 5.30. The first-order valence-electron chi connectivity index (χ1n) is 7.66. The lowest BCUT2D eigenvalue weighted by Crippen LogP contribution is -2.38. The van der Waals surface area contributed by atoms with Crippen molar-refractivity contribution in [2.45, 2.75) is 32.6 Å². The summed E-state index contributed by atoms with van der Waals surface area (Å²) in [6.45, 7) is 3.77. The summed E-state index contributed by atoms with van der Waals surface area (Å²) in [4.78, 5) is 8.70. The molecule has 0 spiro atoms. The summed E-state index contributed by atoms with van der Waals surface area (Å²) >= 11 is 1.75. The van der Waals surface area contributed by atoms with Crippen LogP contribution in [0.1, 0.15) is 29.3 Å². The Morgan fingerprint density at radius 2 is 2.14 bits per heavy atom. The number of unbranched alkanes of at least 4 members (excludes halogenated alkanes) is 1. The van der Waals surface area contributed by atoms with Gasteiger partial charge in [0.25, 0.3) is 0 Å². The molecule has 120 valence electrons. The molecule has 22 heavy (non-hydrogen) atoms. The lowest BCUT2D eigenvalue weighted by atomic mass is 10.2. The van der Waals surface area contributed by atoms with Gasteiger partial charge in [0, 0.05) is 37.6 Å². The van der Waals surface area contributed by atoms with Crippen molar-refractivity contribution in [1.82, 2.24) is 15.6 Å². The molecule has 0 saturated heterocycles. The van der Waals surface area contributed by atoms with Crippen LogP contribution < -0.4 is 10.6 Å². The van der Waals surface area contributed by atoms with E-state index < -0.39 is 0 Å². The average Bonchev–Trinajstić information content (AvgIpc) is 3.17. The van der Waals surface area contributed by atoms with Crippen molar-refractivity contribution in [3.8, 4) is 0 Å². The minimum absolute atomic E-state index is 0.811. The standard InChI is InChI=1S/C16H24N4OS/c1-13-12-22-15(20-13)7-3-4-9-18-16(17-2)19-10-8-14-6-5-11-21-14/h5-6,11-12H,3-4,7-10H2,1-2H3,(H2,17,18,19). The van der Waals surface area contributed by atoms with Crippen LogP contribution in [0.4, 0.5) is 0 Å². The van der Waals surface area contributed by atoms with Crippen molar-refractivity contribution in [1.29, 1.82) is 0 Å². The van der Waals surface area contributed by atoms with Gasteiger partial charge in [-0.25, -0.2) is 4.98 Å². The Hall–Kier alpha value is -1.82. The number of hydrogen-bond acceptors (Lipinski definition) is 4. The molecule has 0 radical (unpaired) electrons. The number of nitrogens with zero attached hydrogens (tertiary/aromatic N) is 2. The number of aliphatic imine (C=N–C) groups is 1. The third-order valence-corrected chi connectivity index (χ3v) is 4.27. The van der Waals surface area contributed by atoms with Crippen LogP contribution in [0.2, 0.25) is 0 Å². The zero-order valence-corrected chi connectivity index (χ0v) is 14.1. The van der Waals surface area contributed by atoms with Gasteiger partial charge >= 0.3 is 0 Å². The van der Waals surface area contributed by atoms with E-state index in [1.54, 1.807) is 24.6 Å². The molecule has 0 aliphatic carbocycles. The maximum Gasteiger partial charge on any atom is 0.190 e. The van der Waals surface area contributed by atoms with Crippen molar-refractivity contribution >= 4 is 17.3 Å². The van der Waals surface area contributed by atoms with E-state index in [1.807, 2.05) is 19.1 Å². The zero-order valence-electron chi connectivity index (χ0n) is 13.3. The third-order valence-electron chi connectivity index (χ3n) is 3.24. The SMILES string of the molecule is CN=C(NCCCCc1nc(C)cs1)NCCc1ccco1. The number of hydrogen-bond donors (Lipinski definition) is 2. The molecular weight excluding hydrogens is 296 g/mol. The van der Waals surface area contributed by atoms with Gasteiger partial charge in [-0.3, -0.25) is 4.99 Å². The van der Waals surface area contributed by atoms with Crippen molar-refractivity contribution < 1.29 is 4.42 Å². The van der Waals surface area contributed by atoms with Crippen molar-refractivity contribution in [2.24, 2.45) is 4.99 Å². The lowest BCUT2D eigenvalue weighted by molar-refractivity contribution is 0.506. The Morgan fingerprint density at radius 1 is 1.27 bits per heavy atom. The first-order chi connectivity index (χ1) is 10.8. The molecule has 0 aromatic carbocycles. The number of aryl methyl sites for hydroxylation is 2. The molecule has 2 heterocycles. The van der Waals surface area contributed by atoms with E-state index in [2.05, 4.69) is 26.0 Å². The lowest BCUT2D eigenvalue weighted by Gasteiger charge is -2.11. The molecule has 0 amide bonds. The second-order valence-corrected chi connectivity index (χ2v) is 6.04. The molecule has 2 N–H and O–H groups in total. The number of thiazole rings is 1. The predicted octanol–water partition coefficient (Wildman–Crippen LogP) is 2.77. The van der Waals surface area contributed by atoms with E-state index in [0.29, 0.717) is 0 Å². The molecule has 0 fully saturated rings. The molecule has 0 unspecified atom stereocenters. The van der Waals surface area contributed by atoms with E-state index in [1.165, 1.54) is 5.01 Å².